The Bertz CT molecular complexity index is 429. The van der Waals surface area contributed by atoms with E-state index in [0.29, 0.717) is 0 Å². The van der Waals surface area contributed by atoms with E-state index >= 15 is 0 Å². The summed E-state index contributed by atoms with van der Waals surface area (Å²) in [7, 11) is 0. The molecule has 1 aromatic carbocycles. The Morgan fingerprint density at radius 3 is 1.46 bits per heavy atom. The minimum absolute atomic E-state index is 0.852. The number of benzene rings is 1. The summed E-state index contributed by atoms with van der Waals surface area (Å²) in [6.07, 6.45) is 23.6. The van der Waals surface area contributed by atoms with Crippen molar-refractivity contribution in [2.24, 2.45) is 0 Å². The Morgan fingerprint density at radius 2 is 1.04 bits per heavy atom. The Kier molecular flexibility index (Phi) is 17.9. The van der Waals surface area contributed by atoms with E-state index in [1.54, 1.807) is 0 Å². The highest BCUT2D eigenvalue weighted by atomic mass is 32.1. The van der Waals surface area contributed by atoms with E-state index in [9.17, 15) is 0 Å². The number of hydrogen-bond donors (Lipinski definition) is 1. The van der Waals surface area contributed by atoms with Gasteiger partial charge in [0.15, 0.2) is 0 Å². The molecule has 0 spiro atoms. The normalized spacial score (nSPS) is 11.1. The van der Waals surface area contributed by atoms with E-state index in [1.165, 1.54) is 108 Å². The van der Waals surface area contributed by atoms with Crippen LogP contribution in [-0.4, -0.2) is 12.4 Å². The largest absolute Gasteiger partial charge is 0.494 e. The third kappa shape index (κ3) is 15.3. The van der Waals surface area contributed by atoms with Gasteiger partial charge in [-0.3, -0.25) is 0 Å². The first-order valence-corrected chi connectivity index (χ1v) is 12.8. The lowest BCUT2D eigenvalue weighted by molar-refractivity contribution is 0.304. The van der Waals surface area contributed by atoms with Gasteiger partial charge in [0.05, 0.1) is 6.61 Å². The van der Waals surface area contributed by atoms with Gasteiger partial charge in [-0.05, 0) is 36.3 Å². The molecule has 162 valence electrons. The molecule has 28 heavy (non-hydrogen) atoms. The summed E-state index contributed by atoms with van der Waals surface area (Å²) in [6, 6.07) is 8.48. The lowest BCUT2D eigenvalue weighted by Gasteiger charge is -2.07. The average Bonchev–Trinajstić information content (AvgIpc) is 2.72. The van der Waals surface area contributed by atoms with Crippen LogP contribution in [0.4, 0.5) is 0 Å². The maximum Gasteiger partial charge on any atom is 0.119 e. The molecular weight excluding hydrogens is 360 g/mol. The van der Waals surface area contributed by atoms with Crippen LogP contribution < -0.4 is 4.74 Å². The van der Waals surface area contributed by atoms with E-state index in [1.807, 2.05) is 0 Å². The second kappa shape index (κ2) is 19.7. The number of thiol groups is 1. The summed E-state index contributed by atoms with van der Waals surface area (Å²) >= 11 is 4.27. The van der Waals surface area contributed by atoms with E-state index in [-0.39, 0.29) is 0 Å². The van der Waals surface area contributed by atoms with Crippen molar-refractivity contribution in [2.75, 3.05) is 12.4 Å². The fourth-order valence-electron chi connectivity index (χ4n) is 3.72. The summed E-state index contributed by atoms with van der Waals surface area (Å²) in [5.74, 6) is 1.91. The van der Waals surface area contributed by atoms with Gasteiger partial charge in [0, 0.05) is 0 Å². The first kappa shape index (κ1) is 25.4. The zero-order chi connectivity index (χ0) is 20.1. The van der Waals surface area contributed by atoms with Crippen LogP contribution in [0.3, 0.4) is 0 Å². The lowest BCUT2D eigenvalue weighted by atomic mass is 10.0. The summed E-state index contributed by atoms with van der Waals surface area (Å²) in [6.45, 7) is 3.14. The van der Waals surface area contributed by atoms with Crippen LogP contribution in [0.5, 0.6) is 5.75 Å². The Morgan fingerprint density at radius 1 is 0.607 bits per heavy atom. The molecule has 1 aromatic rings. The Labute approximate surface area is 181 Å². The molecule has 0 N–H and O–H groups in total. The van der Waals surface area contributed by atoms with E-state index in [4.69, 9.17) is 4.74 Å². The lowest BCUT2D eigenvalue weighted by Crippen LogP contribution is -1.97. The van der Waals surface area contributed by atoms with Gasteiger partial charge in [-0.25, -0.2) is 0 Å². The third-order valence-electron chi connectivity index (χ3n) is 5.59. The van der Waals surface area contributed by atoms with Gasteiger partial charge in [-0.2, -0.15) is 12.6 Å². The van der Waals surface area contributed by atoms with E-state index in [0.717, 1.165) is 24.5 Å². The van der Waals surface area contributed by atoms with Crippen LogP contribution in [0.2, 0.25) is 0 Å². The van der Waals surface area contributed by atoms with Gasteiger partial charge in [0.1, 0.15) is 5.75 Å². The van der Waals surface area contributed by atoms with Crippen LogP contribution in [0.25, 0.3) is 0 Å². The molecule has 0 aliphatic carbocycles. The SMILES string of the molecule is CCCCCCCCCCCCCCCCCCOc1ccc(CCS)cc1. The van der Waals surface area contributed by atoms with Crippen molar-refractivity contribution in [3.8, 4) is 5.75 Å². The maximum atomic E-state index is 5.84. The van der Waals surface area contributed by atoms with Crippen molar-refractivity contribution in [3.63, 3.8) is 0 Å². The molecule has 0 bridgehead atoms. The zero-order valence-electron chi connectivity index (χ0n) is 18.6. The molecule has 0 aliphatic heterocycles. The van der Waals surface area contributed by atoms with Crippen molar-refractivity contribution >= 4 is 12.6 Å². The molecule has 0 atom stereocenters. The fraction of sp³-hybridized carbons (Fsp3) is 0.769. The van der Waals surface area contributed by atoms with E-state index < -0.39 is 0 Å². The summed E-state index contributed by atoms with van der Waals surface area (Å²) < 4.78 is 5.84. The molecule has 1 nitrogen and oxygen atoms in total. The van der Waals surface area contributed by atoms with Crippen LogP contribution in [0.15, 0.2) is 24.3 Å². The van der Waals surface area contributed by atoms with Crippen LogP contribution >= 0.6 is 12.6 Å². The third-order valence-corrected chi connectivity index (χ3v) is 5.81. The first-order valence-electron chi connectivity index (χ1n) is 12.2. The topological polar surface area (TPSA) is 9.23 Å². The van der Waals surface area contributed by atoms with Gasteiger partial charge in [0.25, 0.3) is 0 Å². The molecule has 0 amide bonds. The fourth-order valence-corrected chi connectivity index (χ4v) is 3.98. The maximum absolute atomic E-state index is 5.84. The highest BCUT2D eigenvalue weighted by molar-refractivity contribution is 7.80. The molecule has 0 heterocycles. The molecule has 0 saturated heterocycles. The number of ether oxygens (including phenoxy) is 1. The Hall–Kier alpha value is -0.630. The molecule has 0 saturated carbocycles. The highest BCUT2D eigenvalue weighted by Gasteiger charge is 1.97. The van der Waals surface area contributed by atoms with Crippen molar-refractivity contribution in [1.29, 1.82) is 0 Å². The minimum Gasteiger partial charge on any atom is -0.494 e. The molecule has 1 rings (SSSR count). The van der Waals surface area contributed by atoms with Gasteiger partial charge in [-0.1, -0.05) is 115 Å². The van der Waals surface area contributed by atoms with Gasteiger partial charge < -0.3 is 4.74 Å². The van der Waals surface area contributed by atoms with Crippen LogP contribution in [0, 0.1) is 0 Å². The number of unbranched alkanes of at least 4 members (excludes halogenated alkanes) is 15. The average molecular weight is 407 g/mol. The quantitative estimate of drug-likeness (QED) is 0.168. The first-order chi connectivity index (χ1) is 13.9. The smallest absolute Gasteiger partial charge is 0.119 e. The highest BCUT2D eigenvalue weighted by Crippen LogP contribution is 2.15. The second-order valence-corrected chi connectivity index (χ2v) is 8.72. The van der Waals surface area contributed by atoms with Crippen LogP contribution in [0.1, 0.15) is 115 Å². The van der Waals surface area contributed by atoms with Crippen molar-refractivity contribution in [1.82, 2.24) is 0 Å². The second-order valence-electron chi connectivity index (χ2n) is 8.27. The molecule has 2 heteroatoms. The molecule has 0 radical (unpaired) electrons. The Balaban J connectivity index is 1.77. The zero-order valence-corrected chi connectivity index (χ0v) is 19.5. The predicted octanol–water partition coefficient (Wildman–Crippen LogP) is 8.80. The number of rotatable bonds is 20. The molecule has 0 fully saturated rings. The van der Waals surface area contributed by atoms with Crippen molar-refractivity contribution < 1.29 is 4.74 Å². The summed E-state index contributed by atoms with van der Waals surface area (Å²) in [4.78, 5) is 0. The minimum atomic E-state index is 0.852. The molecule has 0 aromatic heterocycles. The summed E-state index contributed by atoms with van der Waals surface area (Å²) in [5.41, 5.74) is 1.34. The van der Waals surface area contributed by atoms with Crippen LogP contribution in [-0.2, 0) is 6.42 Å². The predicted molar refractivity (Wildman–Crippen MR) is 129 cm³/mol. The molecule has 0 aliphatic rings. The monoisotopic (exact) mass is 406 g/mol. The molecular formula is C26H46OS. The standard InChI is InChI=1S/C26H46OS/c1-2-3-4-5-6-7-8-9-10-11-12-13-14-15-16-17-23-27-26-20-18-25(19-21-26)22-24-28/h18-21,28H,2-17,22-24H2,1H3. The number of hydrogen-bond acceptors (Lipinski definition) is 2. The summed E-state index contributed by atoms with van der Waals surface area (Å²) in [5, 5.41) is 0. The van der Waals surface area contributed by atoms with Gasteiger partial charge in [-0.15, -0.1) is 0 Å². The number of aryl methyl sites for hydroxylation is 1. The van der Waals surface area contributed by atoms with Crippen molar-refractivity contribution in [3.05, 3.63) is 29.8 Å². The van der Waals surface area contributed by atoms with Gasteiger partial charge in [0.2, 0.25) is 0 Å². The molecule has 0 unspecified atom stereocenters. The van der Waals surface area contributed by atoms with Gasteiger partial charge >= 0.3 is 0 Å². The van der Waals surface area contributed by atoms with E-state index in [2.05, 4.69) is 43.8 Å². The van der Waals surface area contributed by atoms with Crippen molar-refractivity contribution in [2.45, 2.75) is 116 Å².